The molecule has 1 aliphatic carbocycles. The molecule has 1 spiro atoms. The molecule has 0 bridgehead atoms. The molecule has 1 unspecified atom stereocenters. The molecule has 0 aromatic heterocycles. The van der Waals surface area contributed by atoms with Crippen LogP contribution in [0.15, 0.2) is 0 Å². The van der Waals surface area contributed by atoms with E-state index in [2.05, 4.69) is 5.32 Å². The molecule has 6 nitrogen and oxygen atoms in total. The predicted molar refractivity (Wildman–Crippen MR) is 67.2 cm³/mol. The number of ether oxygens (including phenoxy) is 1. The first-order chi connectivity index (χ1) is 9.03. The van der Waals surface area contributed by atoms with Gasteiger partial charge in [0.25, 0.3) is 0 Å². The van der Waals surface area contributed by atoms with Crippen LogP contribution in [0.5, 0.6) is 0 Å². The number of nitrogens with zero attached hydrogens (tertiary/aromatic N) is 1. The molecule has 1 atom stereocenters. The average molecular weight is 268 g/mol. The summed E-state index contributed by atoms with van der Waals surface area (Å²) < 4.78 is 4.98. The van der Waals surface area contributed by atoms with Crippen molar-refractivity contribution in [2.75, 3.05) is 13.7 Å². The van der Waals surface area contributed by atoms with E-state index in [1.165, 1.54) is 4.90 Å². The molecule has 1 aliphatic heterocycles. The van der Waals surface area contributed by atoms with E-state index in [9.17, 15) is 14.4 Å². The molecule has 0 radical (unpaired) electrons. The maximum absolute atomic E-state index is 12.6. The van der Waals surface area contributed by atoms with Crippen molar-refractivity contribution in [2.24, 2.45) is 5.41 Å². The Labute approximate surface area is 112 Å². The molecular weight excluding hydrogens is 248 g/mol. The van der Waals surface area contributed by atoms with Gasteiger partial charge in [-0.2, -0.15) is 0 Å². The van der Waals surface area contributed by atoms with Gasteiger partial charge in [0.1, 0.15) is 5.41 Å². The zero-order valence-electron chi connectivity index (χ0n) is 11.4. The molecule has 4 amide bonds. The van der Waals surface area contributed by atoms with Crippen molar-refractivity contribution in [3.8, 4) is 0 Å². The number of urea groups is 1. The Morgan fingerprint density at radius 3 is 2.53 bits per heavy atom. The number of amides is 4. The zero-order chi connectivity index (χ0) is 14.0. The van der Waals surface area contributed by atoms with E-state index >= 15 is 0 Å². The van der Waals surface area contributed by atoms with Crippen LogP contribution in [-0.4, -0.2) is 42.5 Å². The molecule has 106 valence electrons. The average Bonchev–Trinajstić information content (AvgIpc) is 2.85. The van der Waals surface area contributed by atoms with Gasteiger partial charge >= 0.3 is 6.03 Å². The van der Waals surface area contributed by atoms with E-state index in [0.29, 0.717) is 25.9 Å². The molecule has 2 fully saturated rings. The highest BCUT2D eigenvalue weighted by Gasteiger charge is 2.55. The first kappa shape index (κ1) is 14.0. The van der Waals surface area contributed by atoms with Crippen LogP contribution in [0, 0.1) is 5.41 Å². The predicted octanol–water partition coefficient (Wildman–Crippen LogP) is 1.05. The lowest BCUT2D eigenvalue weighted by Gasteiger charge is -2.39. The fourth-order valence-corrected chi connectivity index (χ4v) is 2.93. The van der Waals surface area contributed by atoms with Crippen LogP contribution in [-0.2, 0) is 14.3 Å². The van der Waals surface area contributed by atoms with Gasteiger partial charge in [0.2, 0.25) is 11.8 Å². The van der Waals surface area contributed by atoms with Gasteiger partial charge in [-0.25, -0.2) is 4.79 Å². The number of nitrogens with one attached hydrogen (secondary N) is 1. The minimum absolute atomic E-state index is 0.266. The van der Waals surface area contributed by atoms with Crippen molar-refractivity contribution in [3.05, 3.63) is 0 Å². The summed E-state index contributed by atoms with van der Waals surface area (Å²) in [4.78, 5) is 37.7. The summed E-state index contributed by atoms with van der Waals surface area (Å²) in [5.41, 5.74) is -1.00. The molecule has 1 heterocycles. The fraction of sp³-hybridized carbons (Fsp3) is 0.769. The second-order valence-corrected chi connectivity index (χ2v) is 5.35. The Morgan fingerprint density at radius 1 is 1.32 bits per heavy atom. The van der Waals surface area contributed by atoms with E-state index in [1.807, 2.05) is 0 Å². The Kier molecular flexibility index (Phi) is 3.89. The van der Waals surface area contributed by atoms with E-state index in [1.54, 1.807) is 14.0 Å². The Bertz CT molecular complexity index is 401. The molecular formula is C13H20N2O4. The molecule has 2 rings (SSSR count). The lowest BCUT2D eigenvalue weighted by Crippen LogP contribution is -2.65. The summed E-state index contributed by atoms with van der Waals surface area (Å²) in [7, 11) is 1.58. The van der Waals surface area contributed by atoms with Gasteiger partial charge in [0.05, 0.1) is 0 Å². The first-order valence-electron chi connectivity index (χ1n) is 6.71. The number of barbiturate groups is 1. The quantitative estimate of drug-likeness (QED) is 0.773. The second-order valence-electron chi connectivity index (χ2n) is 5.35. The maximum Gasteiger partial charge on any atom is 0.331 e. The second kappa shape index (κ2) is 5.28. The Balaban J connectivity index is 2.21. The van der Waals surface area contributed by atoms with Crippen molar-refractivity contribution in [2.45, 2.75) is 45.1 Å². The van der Waals surface area contributed by atoms with Crippen molar-refractivity contribution < 1.29 is 19.1 Å². The molecule has 1 saturated heterocycles. The Morgan fingerprint density at radius 2 is 1.95 bits per heavy atom. The number of methoxy groups -OCH3 is 1. The molecule has 1 N–H and O–H groups in total. The van der Waals surface area contributed by atoms with E-state index in [0.717, 1.165) is 12.8 Å². The third-order valence-electron chi connectivity index (χ3n) is 4.14. The van der Waals surface area contributed by atoms with Gasteiger partial charge in [-0.3, -0.25) is 19.8 Å². The minimum Gasteiger partial charge on any atom is -0.385 e. The van der Waals surface area contributed by atoms with Gasteiger partial charge in [0.15, 0.2) is 0 Å². The third-order valence-corrected chi connectivity index (χ3v) is 4.14. The number of carbonyl (C=O) groups excluding carboxylic acids is 3. The molecule has 19 heavy (non-hydrogen) atoms. The van der Waals surface area contributed by atoms with Crippen molar-refractivity contribution in [3.63, 3.8) is 0 Å². The van der Waals surface area contributed by atoms with Crippen LogP contribution in [0.25, 0.3) is 0 Å². The summed E-state index contributed by atoms with van der Waals surface area (Å²) in [6.07, 6.45) is 3.36. The van der Waals surface area contributed by atoms with Crippen LogP contribution in [0.2, 0.25) is 0 Å². The van der Waals surface area contributed by atoms with E-state index < -0.39 is 17.4 Å². The summed E-state index contributed by atoms with van der Waals surface area (Å²) in [6.45, 7) is 2.27. The first-order valence-corrected chi connectivity index (χ1v) is 6.71. The maximum atomic E-state index is 12.6. The van der Waals surface area contributed by atoms with E-state index in [-0.39, 0.29) is 11.9 Å². The molecule has 2 aliphatic rings. The largest absolute Gasteiger partial charge is 0.385 e. The Hall–Kier alpha value is -1.43. The lowest BCUT2D eigenvalue weighted by molar-refractivity contribution is -0.152. The SMILES string of the molecule is COCCC(C)N1C(=O)NC(=O)C2(CCCC2)C1=O. The van der Waals surface area contributed by atoms with Crippen molar-refractivity contribution in [1.29, 1.82) is 0 Å². The normalized spacial score (nSPS) is 23.9. The number of rotatable bonds is 4. The van der Waals surface area contributed by atoms with Crippen LogP contribution < -0.4 is 5.32 Å². The van der Waals surface area contributed by atoms with Gasteiger partial charge in [-0.1, -0.05) is 12.8 Å². The van der Waals surface area contributed by atoms with Gasteiger partial charge in [0, 0.05) is 19.8 Å². The number of imide groups is 2. The highest BCUT2D eigenvalue weighted by Crippen LogP contribution is 2.42. The van der Waals surface area contributed by atoms with Crippen LogP contribution in [0.3, 0.4) is 0 Å². The smallest absolute Gasteiger partial charge is 0.331 e. The summed E-state index contributed by atoms with van der Waals surface area (Å²) in [6, 6.07) is -0.867. The highest BCUT2D eigenvalue weighted by atomic mass is 16.5. The molecule has 0 aromatic rings. The molecule has 6 heteroatoms. The van der Waals surface area contributed by atoms with Crippen molar-refractivity contribution >= 4 is 17.8 Å². The summed E-state index contributed by atoms with van der Waals surface area (Å²) in [5, 5.41) is 2.34. The number of hydrogen-bond acceptors (Lipinski definition) is 4. The topological polar surface area (TPSA) is 75.7 Å². The fourth-order valence-electron chi connectivity index (χ4n) is 2.93. The molecule has 0 aromatic carbocycles. The number of hydrogen-bond donors (Lipinski definition) is 1. The van der Waals surface area contributed by atoms with E-state index in [4.69, 9.17) is 4.74 Å². The minimum atomic E-state index is -1.00. The molecule has 1 saturated carbocycles. The zero-order valence-corrected chi connectivity index (χ0v) is 11.4. The lowest BCUT2D eigenvalue weighted by atomic mass is 9.81. The number of carbonyl (C=O) groups is 3. The third kappa shape index (κ3) is 2.25. The summed E-state index contributed by atoms with van der Waals surface area (Å²) >= 11 is 0. The van der Waals surface area contributed by atoms with Crippen LogP contribution in [0.4, 0.5) is 4.79 Å². The van der Waals surface area contributed by atoms with Crippen molar-refractivity contribution in [1.82, 2.24) is 10.2 Å². The standard InChI is InChI=1S/C13H20N2O4/c1-9(5-8-19-2)15-11(17)13(6-3-4-7-13)10(16)14-12(15)18/h9H,3-8H2,1-2H3,(H,14,16,18). The highest BCUT2D eigenvalue weighted by molar-refractivity contribution is 6.19. The van der Waals surface area contributed by atoms with Crippen LogP contribution >= 0.6 is 0 Å². The van der Waals surface area contributed by atoms with Gasteiger partial charge < -0.3 is 4.74 Å². The van der Waals surface area contributed by atoms with Gasteiger partial charge in [-0.15, -0.1) is 0 Å². The summed E-state index contributed by atoms with van der Waals surface area (Å²) in [5.74, 6) is -0.752. The van der Waals surface area contributed by atoms with Crippen LogP contribution in [0.1, 0.15) is 39.0 Å². The van der Waals surface area contributed by atoms with Gasteiger partial charge in [-0.05, 0) is 26.2 Å². The monoisotopic (exact) mass is 268 g/mol.